The van der Waals surface area contributed by atoms with Crippen molar-refractivity contribution in [2.24, 2.45) is 0 Å². The van der Waals surface area contributed by atoms with Gasteiger partial charge in [0.05, 0.1) is 10.0 Å². The van der Waals surface area contributed by atoms with Gasteiger partial charge in [-0.25, -0.2) is 0 Å². The van der Waals surface area contributed by atoms with Gasteiger partial charge in [-0.05, 0) is 30.3 Å². The lowest BCUT2D eigenvalue weighted by molar-refractivity contribution is -0.112. The SMILES string of the molecule is N#C/C(=C/Nc1ccc(Cl)c(Cl)c1)C(=O)Nc1cccc(O)c1. The molecule has 0 atom stereocenters. The van der Waals surface area contributed by atoms with E-state index in [0.717, 1.165) is 0 Å². The lowest BCUT2D eigenvalue weighted by Crippen LogP contribution is -2.14. The standard InChI is InChI=1S/C16H11Cl2N3O2/c17-14-5-4-11(7-15(14)18)20-9-10(8-19)16(23)21-12-2-1-3-13(22)6-12/h1-7,9,20,22H,(H,21,23)/b10-9-. The average Bonchev–Trinajstić information content (AvgIpc) is 2.51. The summed E-state index contributed by atoms with van der Waals surface area (Å²) in [6.45, 7) is 0. The van der Waals surface area contributed by atoms with Crippen LogP contribution in [0.15, 0.2) is 54.2 Å². The Morgan fingerprint density at radius 1 is 1.13 bits per heavy atom. The normalized spacial score (nSPS) is 10.7. The lowest BCUT2D eigenvalue weighted by atomic mass is 10.2. The summed E-state index contributed by atoms with van der Waals surface area (Å²) >= 11 is 11.7. The number of carbonyl (C=O) groups is 1. The fourth-order valence-electron chi connectivity index (χ4n) is 1.67. The molecule has 23 heavy (non-hydrogen) atoms. The van der Waals surface area contributed by atoms with Crippen LogP contribution in [0.25, 0.3) is 0 Å². The molecule has 2 aromatic rings. The van der Waals surface area contributed by atoms with Gasteiger partial charge in [-0.3, -0.25) is 4.79 Å². The third-order valence-electron chi connectivity index (χ3n) is 2.77. The maximum absolute atomic E-state index is 12.0. The van der Waals surface area contributed by atoms with Gasteiger partial charge in [0.2, 0.25) is 0 Å². The highest BCUT2D eigenvalue weighted by Crippen LogP contribution is 2.25. The fraction of sp³-hybridized carbons (Fsp3) is 0. The molecule has 2 aromatic carbocycles. The summed E-state index contributed by atoms with van der Waals surface area (Å²) in [4.78, 5) is 12.0. The summed E-state index contributed by atoms with van der Waals surface area (Å²) in [5.74, 6) is -0.593. The molecule has 0 spiro atoms. The second-order valence-corrected chi connectivity index (χ2v) is 5.26. The topological polar surface area (TPSA) is 85.2 Å². The molecule has 0 heterocycles. The summed E-state index contributed by atoms with van der Waals surface area (Å²) in [6.07, 6.45) is 1.26. The Hall–Kier alpha value is -2.68. The number of phenolic OH excluding ortho intramolecular Hbond substituents is 1. The van der Waals surface area contributed by atoms with E-state index in [9.17, 15) is 9.90 Å². The van der Waals surface area contributed by atoms with Crippen LogP contribution in [-0.2, 0) is 4.79 Å². The number of nitrogens with one attached hydrogen (secondary N) is 2. The molecule has 116 valence electrons. The highest BCUT2D eigenvalue weighted by atomic mass is 35.5. The van der Waals surface area contributed by atoms with Crippen molar-refractivity contribution in [2.75, 3.05) is 10.6 Å². The number of aromatic hydroxyl groups is 1. The van der Waals surface area contributed by atoms with E-state index in [2.05, 4.69) is 10.6 Å². The molecular formula is C16H11Cl2N3O2. The van der Waals surface area contributed by atoms with E-state index >= 15 is 0 Å². The van der Waals surface area contributed by atoms with Crippen molar-refractivity contribution in [1.82, 2.24) is 0 Å². The maximum atomic E-state index is 12.0. The molecule has 0 aliphatic rings. The smallest absolute Gasteiger partial charge is 0.267 e. The summed E-state index contributed by atoms with van der Waals surface area (Å²) in [7, 11) is 0. The van der Waals surface area contributed by atoms with Crippen molar-refractivity contribution >= 4 is 40.5 Å². The maximum Gasteiger partial charge on any atom is 0.267 e. The van der Waals surface area contributed by atoms with Crippen molar-refractivity contribution in [3.05, 3.63) is 64.3 Å². The second-order valence-electron chi connectivity index (χ2n) is 4.45. The Morgan fingerprint density at radius 2 is 1.91 bits per heavy atom. The van der Waals surface area contributed by atoms with Crippen LogP contribution in [0.2, 0.25) is 10.0 Å². The number of phenols is 1. The quantitative estimate of drug-likeness (QED) is 0.572. The summed E-state index contributed by atoms with van der Waals surface area (Å²) in [5, 5.41) is 24.5. The molecule has 2 rings (SSSR count). The number of nitriles is 1. The molecule has 0 aliphatic heterocycles. The first-order valence-electron chi connectivity index (χ1n) is 6.42. The number of hydrogen-bond acceptors (Lipinski definition) is 4. The second kappa shape index (κ2) is 7.54. The highest BCUT2D eigenvalue weighted by Gasteiger charge is 2.09. The van der Waals surface area contributed by atoms with E-state index in [-0.39, 0.29) is 11.3 Å². The van der Waals surface area contributed by atoms with Crippen LogP contribution in [0.3, 0.4) is 0 Å². The van der Waals surface area contributed by atoms with Gasteiger partial charge in [-0.1, -0.05) is 29.3 Å². The molecule has 7 heteroatoms. The number of rotatable bonds is 4. The predicted octanol–water partition coefficient (Wildman–Crippen LogP) is 4.16. The van der Waals surface area contributed by atoms with E-state index < -0.39 is 5.91 Å². The number of carbonyl (C=O) groups excluding carboxylic acids is 1. The first-order valence-corrected chi connectivity index (χ1v) is 7.17. The average molecular weight is 348 g/mol. The third kappa shape index (κ3) is 4.65. The van der Waals surface area contributed by atoms with Crippen LogP contribution < -0.4 is 10.6 Å². The van der Waals surface area contributed by atoms with Crippen LogP contribution in [0.4, 0.5) is 11.4 Å². The summed E-state index contributed by atoms with van der Waals surface area (Å²) in [6, 6.07) is 12.6. The van der Waals surface area contributed by atoms with Crippen molar-refractivity contribution in [2.45, 2.75) is 0 Å². The molecule has 5 nitrogen and oxygen atoms in total. The Morgan fingerprint density at radius 3 is 2.57 bits per heavy atom. The molecular weight excluding hydrogens is 337 g/mol. The van der Waals surface area contributed by atoms with Gasteiger partial charge in [0.15, 0.2) is 0 Å². The largest absolute Gasteiger partial charge is 0.508 e. The van der Waals surface area contributed by atoms with Gasteiger partial charge < -0.3 is 15.7 Å². The Balaban J connectivity index is 2.10. The molecule has 3 N–H and O–H groups in total. The van der Waals surface area contributed by atoms with Gasteiger partial charge in [0.25, 0.3) is 5.91 Å². The van der Waals surface area contributed by atoms with E-state index in [1.165, 1.54) is 18.3 Å². The predicted molar refractivity (Wildman–Crippen MR) is 90.5 cm³/mol. The first-order chi connectivity index (χ1) is 11.0. The number of anilines is 2. The third-order valence-corrected chi connectivity index (χ3v) is 3.51. The Labute approximate surface area is 142 Å². The Bertz CT molecular complexity index is 813. The summed E-state index contributed by atoms with van der Waals surface area (Å²) < 4.78 is 0. The van der Waals surface area contributed by atoms with E-state index in [0.29, 0.717) is 21.4 Å². The van der Waals surface area contributed by atoms with Crippen LogP contribution in [0.1, 0.15) is 0 Å². The van der Waals surface area contributed by atoms with Gasteiger partial charge in [0, 0.05) is 23.6 Å². The van der Waals surface area contributed by atoms with Crippen molar-refractivity contribution in [3.63, 3.8) is 0 Å². The van der Waals surface area contributed by atoms with E-state index in [1.807, 2.05) is 0 Å². The minimum Gasteiger partial charge on any atom is -0.508 e. The highest BCUT2D eigenvalue weighted by molar-refractivity contribution is 6.42. The van der Waals surface area contributed by atoms with E-state index in [4.69, 9.17) is 28.5 Å². The molecule has 0 saturated carbocycles. The summed E-state index contributed by atoms with van der Waals surface area (Å²) in [5.41, 5.74) is 0.822. The minimum atomic E-state index is -0.606. The van der Waals surface area contributed by atoms with Gasteiger partial charge >= 0.3 is 0 Å². The molecule has 0 fully saturated rings. The van der Waals surface area contributed by atoms with Crippen LogP contribution in [0.5, 0.6) is 5.75 Å². The number of halogens is 2. The van der Waals surface area contributed by atoms with Gasteiger partial charge in [-0.2, -0.15) is 5.26 Å². The number of benzene rings is 2. The van der Waals surface area contributed by atoms with Crippen LogP contribution in [0, 0.1) is 11.3 Å². The molecule has 0 aromatic heterocycles. The molecule has 0 bridgehead atoms. The molecule has 0 aliphatic carbocycles. The first kappa shape index (κ1) is 16.7. The van der Waals surface area contributed by atoms with E-state index in [1.54, 1.807) is 36.4 Å². The molecule has 0 radical (unpaired) electrons. The molecule has 0 saturated heterocycles. The van der Waals surface area contributed by atoms with Crippen LogP contribution in [-0.4, -0.2) is 11.0 Å². The zero-order chi connectivity index (χ0) is 16.8. The lowest BCUT2D eigenvalue weighted by Gasteiger charge is -2.06. The van der Waals surface area contributed by atoms with Crippen molar-refractivity contribution in [1.29, 1.82) is 5.26 Å². The number of hydrogen-bond donors (Lipinski definition) is 3. The zero-order valence-corrected chi connectivity index (χ0v) is 13.2. The van der Waals surface area contributed by atoms with Crippen LogP contribution >= 0.6 is 23.2 Å². The van der Waals surface area contributed by atoms with Crippen molar-refractivity contribution in [3.8, 4) is 11.8 Å². The zero-order valence-electron chi connectivity index (χ0n) is 11.7. The van der Waals surface area contributed by atoms with Gasteiger partial charge in [-0.15, -0.1) is 0 Å². The molecule has 0 unspecified atom stereocenters. The Kier molecular flexibility index (Phi) is 5.47. The minimum absolute atomic E-state index is 0.0132. The monoisotopic (exact) mass is 347 g/mol. The van der Waals surface area contributed by atoms with Gasteiger partial charge in [0.1, 0.15) is 17.4 Å². The fourth-order valence-corrected chi connectivity index (χ4v) is 1.97. The molecule has 1 amide bonds. The van der Waals surface area contributed by atoms with Crippen molar-refractivity contribution < 1.29 is 9.90 Å². The number of nitrogens with zero attached hydrogens (tertiary/aromatic N) is 1. The number of amides is 1.